The molecule has 36 heavy (non-hydrogen) atoms. The first kappa shape index (κ1) is 23.7. The molecular weight excluding hydrogens is 456 g/mol. The van der Waals surface area contributed by atoms with Gasteiger partial charge in [0.15, 0.2) is 0 Å². The molecule has 0 spiro atoms. The number of hydrogen-bond donors (Lipinski definition) is 3. The van der Waals surface area contributed by atoms with Crippen molar-refractivity contribution in [3.63, 3.8) is 0 Å². The van der Waals surface area contributed by atoms with E-state index in [9.17, 15) is 9.59 Å². The Morgan fingerprint density at radius 2 is 1.92 bits per heavy atom. The van der Waals surface area contributed by atoms with E-state index in [1.165, 1.54) is 6.20 Å². The summed E-state index contributed by atoms with van der Waals surface area (Å²) in [5.41, 5.74) is 4.66. The molecule has 0 atom stereocenters. The Morgan fingerprint density at radius 1 is 1.11 bits per heavy atom. The summed E-state index contributed by atoms with van der Waals surface area (Å²) in [4.78, 5) is 39.6. The molecule has 5 rings (SSSR count). The largest absolute Gasteiger partial charge is 0.339 e. The number of rotatable bonds is 7. The zero-order valence-electron chi connectivity index (χ0n) is 20.9. The van der Waals surface area contributed by atoms with E-state index in [4.69, 9.17) is 0 Å². The normalized spacial score (nSPS) is 14.2. The number of aryl methyl sites for hydroxylation is 2. The van der Waals surface area contributed by atoms with Crippen molar-refractivity contribution in [1.29, 1.82) is 0 Å². The molecular formula is C26H30N8O2. The molecule has 0 radical (unpaired) electrons. The third-order valence-electron chi connectivity index (χ3n) is 6.66. The number of pyridine rings is 2. The Labute approximate surface area is 209 Å². The summed E-state index contributed by atoms with van der Waals surface area (Å²) in [5.74, 6) is 0.893. The Hall–Kier alpha value is -4.05. The quantitative estimate of drug-likeness (QED) is 0.368. The SMILES string of the molecule is Cc1ncc(NC(=O)CN2CC(C(C)C)C2)cc1NC(=O)c1cnc2[nH]c(-c3cnn(C)c3)cc2c1. The number of aromatic nitrogens is 5. The Kier molecular flexibility index (Phi) is 6.27. The average Bonchev–Trinajstić information content (AvgIpc) is 3.43. The van der Waals surface area contributed by atoms with Crippen molar-refractivity contribution >= 4 is 34.2 Å². The zero-order valence-corrected chi connectivity index (χ0v) is 20.9. The maximum absolute atomic E-state index is 13.0. The number of anilines is 2. The maximum atomic E-state index is 13.0. The number of carbonyl (C=O) groups excluding carboxylic acids is 2. The summed E-state index contributed by atoms with van der Waals surface area (Å²) < 4.78 is 1.73. The number of carbonyl (C=O) groups is 2. The topological polar surface area (TPSA) is 121 Å². The van der Waals surface area contributed by atoms with E-state index >= 15 is 0 Å². The van der Waals surface area contributed by atoms with E-state index in [0.29, 0.717) is 46.7 Å². The van der Waals surface area contributed by atoms with Crippen LogP contribution >= 0.6 is 0 Å². The highest BCUT2D eigenvalue weighted by Crippen LogP contribution is 2.25. The molecule has 0 saturated carbocycles. The second kappa shape index (κ2) is 9.54. The average molecular weight is 487 g/mol. The summed E-state index contributed by atoms with van der Waals surface area (Å²) in [6.07, 6.45) is 6.81. The standard InChI is InChI=1S/C26H30N8O2/c1-15(2)20-12-34(13-20)14-24(35)30-21-7-22(16(3)27-10-21)32-26(36)18-5-17-6-23(31-25(17)28-8-18)19-9-29-33(4)11-19/h5-11,15,20H,12-14H2,1-4H3,(H,28,31)(H,30,35)(H,32,36). The van der Waals surface area contributed by atoms with E-state index in [1.54, 1.807) is 36.1 Å². The van der Waals surface area contributed by atoms with Crippen molar-refractivity contribution in [2.45, 2.75) is 20.8 Å². The predicted molar refractivity (Wildman–Crippen MR) is 139 cm³/mol. The lowest BCUT2D eigenvalue weighted by molar-refractivity contribution is -0.119. The van der Waals surface area contributed by atoms with Gasteiger partial charge in [0.05, 0.1) is 47.3 Å². The van der Waals surface area contributed by atoms with Crippen molar-refractivity contribution in [2.75, 3.05) is 30.3 Å². The minimum atomic E-state index is -0.304. The van der Waals surface area contributed by atoms with Crippen LogP contribution in [0.5, 0.6) is 0 Å². The minimum Gasteiger partial charge on any atom is -0.339 e. The fraction of sp³-hybridized carbons (Fsp3) is 0.346. The van der Waals surface area contributed by atoms with Gasteiger partial charge in [-0.3, -0.25) is 24.2 Å². The van der Waals surface area contributed by atoms with Crippen LogP contribution in [0, 0.1) is 18.8 Å². The van der Waals surface area contributed by atoms with Gasteiger partial charge in [-0.25, -0.2) is 4.98 Å². The second-order valence-electron chi connectivity index (χ2n) is 9.80. The first-order valence-electron chi connectivity index (χ1n) is 12.0. The lowest BCUT2D eigenvalue weighted by Gasteiger charge is -2.41. The van der Waals surface area contributed by atoms with Gasteiger partial charge in [-0.2, -0.15) is 5.10 Å². The lowest BCUT2D eigenvalue weighted by Crippen LogP contribution is -2.51. The molecule has 0 unspecified atom stereocenters. The second-order valence-corrected chi connectivity index (χ2v) is 9.80. The summed E-state index contributed by atoms with van der Waals surface area (Å²) in [5, 5.41) is 10.8. The molecule has 10 nitrogen and oxygen atoms in total. The molecule has 2 amide bonds. The van der Waals surface area contributed by atoms with Crippen LogP contribution in [0.25, 0.3) is 22.3 Å². The minimum absolute atomic E-state index is 0.0911. The zero-order chi connectivity index (χ0) is 25.4. The number of fused-ring (bicyclic) bond motifs is 1. The molecule has 186 valence electrons. The van der Waals surface area contributed by atoms with E-state index < -0.39 is 0 Å². The van der Waals surface area contributed by atoms with Gasteiger partial charge in [0.2, 0.25) is 5.91 Å². The highest BCUT2D eigenvalue weighted by atomic mass is 16.2. The number of nitrogens with one attached hydrogen (secondary N) is 3. The summed E-state index contributed by atoms with van der Waals surface area (Å²) in [6, 6.07) is 5.47. The number of aromatic amines is 1. The van der Waals surface area contributed by atoms with E-state index in [2.05, 4.69) is 49.4 Å². The van der Waals surface area contributed by atoms with Crippen molar-refractivity contribution in [3.05, 3.63) is 54.2 Å². The predicted octanol–water partition coefficient (Wildman–Crippen LogP) is 3.45. The number of H-pyrrole nitrogens is 1. The Balaban J connectivity index is 1.25. The molecule has 0 bridgehead atoms. The molecule has 0 aromatic carbocycles. The van der Waals surface area contributed by atoms with Crippen LogP contribution in [-0.2, 0) is 11.8 Å². The highest BCUT2D eigenvalue weighted by Gasteiger charge is 2.30. The summed E-state index contributed by atoms with van der Waals surface area (Å²) in [7, 11) is 1.86. The first-order valence-corrected chi connectivity index (χ1v) is 12.0. The van der Waals surface area contributed by atoms with E-state index in [-0.39, 0.29) is 11.8 Å². The van der Waals surface area contributed by atoms with Crippen LogP contribution in [0.3, 0.4) is 0 Å². The van der Waals surface area contributed by atoms with Crippen LogP contribution in [-0.4, -0.2) is 61.1 Å². The Morgan fingerprint density at radius 3 is 2.64 bits per heavy atom. The fourth-order valence-corrected chi connectivity index (χ4v) is 4.34. The summed E-state index contributed by atoms with van der Waals surface area (Å²) in [6.45, 7) is 8.47. The molecule has 1 aliphatic heterocycles. The van der Waals surface area contributed by atoms with Crippen molar-refractivity contribution < 1.29 is 9.59 Å². The van der Waals surface area contributed by atoms with Crippen LogP contribution in [0.4, 0.5) is 11.4 Å². The van der Waals surface area contributed by atoms with Crippen LogP contribution < -0.4 is 10.6 Å². The van der Waals surface area contributed by atoms with Crippen LogP contribution in [0.15, 0.2) is 43.0 Å². The van der Waals surface area contributed by atoms with E-state index in [0.717, 1.165) is 29.7 Å². The third kappa shape index (κ3) is 4.99. The van der Waals surface area contributed by atoms with Crippen molar-refractivity contribution in [1.82, 2.24) is 29.6 Å². The van der Waals surface area contributed by atoms with Gasteiger partial charge in [0.1, 0.15) is 5.65 Å². The van der Waals surface area contributed by atoms with Gasteiger partial charge in [0, 0.05) is 43.5 Å². The van der Waals surface area contributed by atoms with E-state index in [1.807, 2.05) is 19.3 Å². The smallest absolute Gasteiger partial charge is 0.257 e. The van der Waals surface area contributed by atoms with Gasteiger partial charge in [-0.05, 0) is 37.0 Å². The number of amides is 2. The molecule has 10 heteroatoms. The monoisotopic (exact) mass is 486 g/mol. The maximum Gasteiger partial charge on any atom is 0.257 e. The molecule has 1 saturated heterocycles. The number of likely N-dealkylation sites (tertiary alicyclic amines) is 1. The molecule has 0 aliphatic carbocycles. The van der Waals surface area contributed by atoms with Gasteiger partial charge >= 0.3 is 0 Å². The van der Waals surface area contributed by atoms with Crippen LogP contribution in [0.2, 0.25) is 0 Å². The highest BCUT2D eigenvalue weighted by molar-refractivity contribution is 6.06. The number of nitrogens with zero attached hydrogens (tertiary/aromatic N) is 5. The van der Waals surface area contributed by atoms with Gasteiger partial charge < -0.3 is 15.6 Å². The molecule has 1 aliphatic rings. The van der Waals surface area contributed by atoms with Gasteiger partial charge in [-0.15, -0.1) is 0 Å². The third-order valence-corrected chi connectivity index (χ3v) is 6.66. The summed E-state index contributed by atoms with van der Waals surface area (Å²) >= 11 is 0. The molecule has 3 N–H and O–H groups in total. The Bertz CT molecular complexity index is 1430. The van der Waals surface area contributed by atoms with Crippen molar-refractivity contribution in [2.24, 2.45) is 18.9 Å². The van der Waals surface area contributed by atoms with Gasteiger partial charge in [-0.1, -0.05) is 13.8 Å². The molecule has 4 aromatic heterocycles. The first-order chi connectivity index (χ1) is 17.2. The molecule has 4 aromatic rings. The lowest BCUT2D eigenvalue weighted by atomic mass is 9.88. The fourth-order valence-electron chi connectivity index (χ4n) is 4.34. The van der Waals surface area contributed by atoms with Crippen molar-refractivity contribution in [3.8, 4) is 11.3 Å². The molecule has 5 heterocycles. The molecule has 1 fully saturated rings. The van der Waals surface area contributed by atoms with Gasteiger partial charge in [0.25, 0.3) is 5.91 Å². The number of hydrogen-bond acceptors (Lipinski definition) is 6. The van der Waals surface area contributed by atoms with Crippen LogP contribution in [0.1, 0.15) is 29.9 Å².